The van der Waals surface area contributed by atoms with Gasteiger partial charge in [-0.1, -0.05) is 322 Å². The molecule has 0 radical (unpaired) electrons. The van der Waals surface area contributed by atoms with Crippen molar-refractivity contribution in [3.8, 4) is 22.3 Å². The Bertz CT molecular complexity index is 4710. The molecule has 5 nitrogen and oxygen atoms in total. The summed E-state index contributed by atoms with van der Waals surface area (Å²) in [5, 5.41) is 18.9. The van der Waals surface area contributed by atoms with Gasteiger partial charge in [-0.15, -0.1) is 0 Å². The van der Waals surface area contributed by atoms with Crippen LogP contribution in [-0.4, -0.2) is 37.1 Å². The van der Waals surface area contributed by atoms with Crippen LogP contribution in [-0.2, 0) is 0 Å². The van der Waals surface area contributed by atoms with Gasteiger partial charge in [-0.05, 0) is 88.0 Å². The Morgan fingerprint density at radius 3 is 0.932 bits per heavy atom. The molecular weight excluding hydrogens is 1100 g/mol. The molecule has 1 aliphatic heterocycles. The Morgan fingerprint density at radius 1 is 0.261 bits per heavy atom. The summed E-state index contributed by atoms with van der Waals surface area (Å²) in [5.74, 6) is 1.33. The molecule has 0 fully saturated rings. The fraction of sp³-hybridized carbons (Fsp3) is 0.0123. The predicted molar refractivity (Wildman–Crippen MR) is 375 cm³/mol. The molecule has 416 valence electrons. The normalized spacial score (nSPS) is 13.6. The number of hydrogen-bond donors (Lipinski definition) is 1. The van der Waals surface area contributed by atoms with Gasteiger partial charge in [0, 0.05) is 27.1 Å². The van der Waals surface area contributed by atoms with Crippen LogP contribution in [0.5, 0.6) is 0 Å². The van der Waals surface area contributed by atoms with Crippen LogP contribution in [0.25, 0.3) is 65.9 Å². The third kappa shape index (κ3) is 8.73. The highest BCUT2D eigenvalue weighted by Gasteiger charge is 2.46. The summed E-state index contributed by atoms with van der Waals surface area (Å²) >= 11 is 0. The number of nitrogens with one attached hydrogen (secondary N) is 1. The molecule has 88 heavy (non-hydrogen) atoms. The van der Waals surface area contributed by atoms with Crippen LogP contribution in [0.15, 0.2) is 356 Å². The van der Waals surface area contributed by atoms with E-state index in [0.717, 1.165) is 44.2 Å². The van der Waals surface area contributed by atoms with E-state index in [1.807, 2.05) is 0 Å². The molecule has 1 unspecified atom stereocenters. The molecule has 0 spiro atoms. The molecule has 0 aliphatic carbocycles. The average Bonchev–Trinajstić information content (AvgIpc) is 1.12. The van der Waals surface area contributed by atoms with Gasteiger partial charge in [0.05, 0.1) is 22.1 Å². The summed E-state index contributed by atoms with van der Waals surface area (Å²) < 4.78 is 4.65. The van der Waals surface area contributed by atoms with E-state index in [2.05, 4.69) is 360 Å². The first-order valence-corrected chi connectivity index (χ1v) is 34.2. The molecule has 1 aliphatic rings. The highest BCUT2D eigenvalue weighted by atomic mass is 28.3. The maximum Gasteiger partial charge on any atom is 0.235 e. The lowest BCUT2D eigenvalue weighted by molar-refractivity contribution is 0.513. The lowest BCUT2D eigenvalue weighted by Gasteiger charge is -2.39. The van der Waals surface area contributed by atoms with Gasteiger partial charge in [-0.2, -0.15) is 4.99 Å². The quantitative estimate of drug-likeness (QED) is 0.0962. The van der Waals surface area contributed by atoms with Crippen molar-refractivity contribution in [1.82, 2.24) is 14.5 Å². The number of rotatable bonds is 12. The van der Waals surface area contributed by atoms with Crippen molar-refractivity contribution in [1.29, 1.82) is 0 Å². The van der Waals surface area contributed by atoms with Crippen LogP contribution < -0.4 is 46.8 Å². The number of benzene rings is 13. The van der Waals surface area contributed by atoms with E-state index in [-0.39, 0.29) is 0 Å². The third-order valence-corrected chi connectivity index (χ3v) is 27.6. The summed E-state index contributed by atoms with van der Waals surface area (Å²) in [7, 11) is -6.74. The highest BCUT2D eigenvalue weighted by molar-refractivity contribution is 7.22. The standard InChI is InChI=1S/C81H59N5Si2/c1-7-27-58(28-8-1)60-47-51-67(52-48-60)87(63-31-11-3-12-32-63,64-33-13-4-14-34-64)69-55-62(56-70(57-69)88(65-35-15-5-16-36-65,66-37-17-6-18-38-66)68-53-49-61(50-54-68)59-29-9-2-10-30-59)79-82-80(85-75-43-23-19-39-71(75)72-40-20-24-44-76(72)85)84-81(83-79)86-77-45-25-21-41-73(77)74-42-22-26-46-78(74)86/h1-57,80H,(H,82,83,84). The van der Waals surface area contributed by atoms with Crippen LogP contribution in [0.4, 0.5) is 0 Å². The van der Waals surface area contributed by atoms with Crippen molar-refractivity contribution in [3.05, 3.63) is 351 Å². The van der Waals surface area contributed by atoms with Crippen molar-refractivity contribution in [2.75, 3.05) is 0 Å². The molecule has 1 atom stereocenters. The fourth-order valence-corrected chi connectivity index (χ4v) is 23.9. The lowest BCUT2D eigenvalue weighted by atomic mass is 10.1. The SMILES string of the molecule is c1ccc(-c2ccc([Si](c3ccccc3)(c3ccccc3)c3cc(C4=NC(n5c6ccccc6c6ccccc65)=NC(n5c6ccccc6c6ccccc65)N4)cc([Si](c4ccccc4)(c4ccccc4)c4ccc(-c5ccccc5)cc4)c3)cc2)cc1. The van der Waals surface area contributed by atoms with Crippen molar-refractivity contribution in [3.63, 3.8) is 0 Å². The lowest BCUT2D eigenvalue weighted by Crippen LogP contribution is -2.78. The second-order valence-corrected chi connectivity index (χ2v) is 30.5. The van der Waals surface area contributed by atoms with Gasteiger partial charge < -0.3 is 9.88 Å². The molecule has 7 heteroatoms. The summed E-state index contributed by atoms with van der Waals surface area (Å²) in [5.41, 5.74) is 9.94. The van der Waals surface area contributed by atoms with Crippen LogP contribution in [0.1, 0.15) is 11.9 Å². The molecule has 13 aromatic carbocycles. The smallest absolute Gasteiger partial charge is 0.235 e. The monoisotopic (exact) mass is 1160 g/mol. The van der Waals surface area contributed by atoms with Gasteiger partial charge in [-0.25, -0.2) is 4.99 Å². The zero-order valence-corrected chi connectivity index (χ0v) is 50.3. The van der Waals surface area contributed by atoms with E-state index < -0.39 is 22.4 Å². The number of nitrogens with zero attached hydrogens (tertiary/aromatic N) is 4. The largest absolute Gasteiger partial charge is 0.330 e. The van der Waals surface area contributed by atoms with Crippen LogP contribution >= 0.6 is 0 Å². The highest BCUT2D eigenvalue weighted by Crippen LogP contribution is 2.35. The minimum absolute atomic E-state index is 0.599. The fourth-order valence-electron chi connectivity index (χ4n) is 14.2. The minimum atomic E-state index is -3.37. The molecule has 0 amide bonds. The third-order valence-electron chi connectivity index (χ3n) is 18.1. The van der Waals surface area contributed by atoms with E-state index in [1.54, 1.807) is 0 Å². The molecule has 16 rings (SSSR count). The van der Waals surface area contributed by atoms with Crippen LogP contribution in [0.3, 0.4) is 0 Å². The molecule has 3 heterocycles. The van der Waals surface area contributed by atoms with Gasteiger partial charge in [0.25, 0.3) is 0 Å². The maximum absolute atomic E-state index is 5.92. The van der Waals surface area contributed by atoms with Crippen molar-refractivity contribution in [2.45, 2.75) is 6.29 Å². The van der Waals surface area contributed by atoms with E-state index in [4.69, 9.17) is 9.98 Å². The van der Waals surface area contributed by atoms with E-state index in [0.29, 0.717) is 5.96 Å². The minimum Gasteiger partial charge on any atom is -0.330 e. The van der Waals surface area contributed by atoms with Gasteiger partial charge in [0.15, 0.2) is 16.1 Å². The number of aliphatic imine (C=N–C) groups is 2. The van der Waals surface area contributed by atoms with Crippen molar-refractivity contribution in [2.24, 2.45) is 9.98 Å². The van der Waals surface area contributed by atoms with Gasteiger partial charge >= 0.3 is 0 Å². The first kappa shape index (κ1) is 52.6. The Labute approximate surface area is 514 Å². The van der Waals surface area contributed by atoms with E-state index in [9.17, 15) is 0 Å². The molecule has 15 aromatic rings. The summed E-state index contributed by atoms with van der Waals surface area (Å²) in [4.78, 5) is 11.7. The predicted octanol–water partition coefficient (Wildman–Crippen LogP) is 13.4. The first-order valence-electron chi connectivity index (χ1n) is 30.2. The second-order valence-electron chi connectivity index (χ2n) is 22.8. The summed E-state index contributed by atoms with van der Waals surface area (Å²) in [6.07, 6.45) is -0.620. The van der Waals surface area contributed by atoms with Gasteiger partial charge in [-0.3, -0.25) is 4.57 Å². The molecular formula is C81H59N5Si2. The topological polar surface area (TPSA) is 46.6 Å². The number of amidine groups is 1. The summed E-state index contributed by atoms with van der Waals surface area (Å²) in [6.45, 7) is 0. The Hall–Kier alpha value is -11.0. The van der Waals surface area contributed by atoms with E-state index in [1.165, 1.54) is 74.5 Å². The van der Waals surface area contributed by atoms with Crippen LogP contribution in [0, 0.1) is 0 Å². The average molecular weight is 1160 g/mol. The Kier molecular flexibility index (Phi) is 13.2. The summed E-state index contributed by atoms with van der Waals surface area (Å²) in [6, 6.07) is 128. The number of aromatic nitrogens is 2. The van der Waals surface area contributed by atoms with E-state index >= 15 is 0 Å². The number of fused-ring (bicyclic) bond motifs is 6. The zero-order chi connectivity index (χ0) is 58.4. The number of para-hydroxylation sites is 4. The van der Waals surface area contributed by atoms with Gasteiger partial charge in [0.2, 0.25) is 12.2 Å². The Balaban J connectivity index is 1.04. The zero-order valence-electron chi connectivity index (χ0n) is 48.3. The molecule has 1 N–H and O–H groups in total. The Morgan fingerprint density at radius 2 is 0.557 bits per heavy atom. The maximum atomic E-state index is 5.92. The first-order chi connectivity index (χ1) is 43.6. The second kappa shape index (κ2) is 22.1. The van der Waals surface area contributed by atoms with Gasteiger partial charge in [0.1, 0.15) is 5.84 Å². The molecule has 0 saturated carbocycles. The molecule has 2 aromatic heterocycles. The van der Waals surface area contributed by atoms with Crippen LogP contribution in [0.2, 0.25) is 0 Å². The molecule has 0 saturated heterocycles. The van der Waals surface area contributed by atoms with Crippen molar-refractivity contribution < 1.29 is 0 Å². The molecule has 0 bridgehead atoms. The van der Waals surface area contributed by atoms with Crippen molar-refractivity contribution >= 4 is 113 Å². The number of hydrogen-bond acceptors (Lipinski definition) is 3.